The first kappa shape index (κ1) is 25.9. The number of hydrogen-bond donors (Lipinski definition) is 1. The third kappa shape index (κ3) is 5.89. The minimum absolute atomic E-state index is 0.0191. The molecule has 0 saturated heterocycles. The van der Waals surface area contributed by atoms with Crippen LogP contribution in [0.4, 0.5) is 0 Å². The van der Waals surface area contributed by atoms with Crippen molar-refractivity contribution in [2.75, 3.05) is 5.75 Å². The van der Waals surface area contributed by atoms with Gasteiger partial charge in [0, 0.05) is 48.0 Å². The van der Waals surface area contributed by atoms with Crippen LogP contribution in [-0.4, -0.2) is 40.0 Å². The quantitative estimate of drug-likeness (QED) is 0.334. The van der Waals surface area contributed by atoms with Crippen LogP contribution in [0.3, 0.4) is 0 Å². The molecule has 0 fully saturated rings. The molecule has 5 rings (SSSR count). The van der Waals surface area contributed by atoms with Crippen LogP contribution < -0.4 is 10.9 Å². The SMILES string of the molecule is CCCCS(=O)(=O)C(NC1Cc2ccc(-c3ccc(=O)n(Cc4cccnc4)n3)cc2C1)c1cccnc1. The van der Waals surface area contributed by atoms with Gasteiger partial charge in [0.2, 0.25) is 0 Å². The smallest absolute Gasteiger partial charge is 0.267 e. The summed E-state index contributed by atoms with van der Waals surface area (Å²) >= 11 is 0. The minimum Gasteiger partial charge on any atom is -0.294 e. The van der Waals surface area contributed by atoms with Gasteiger partial charge in [0.25, 0.3) is 5.56 Å². The summed E-state index contributed by atoms with van der Waals surface area (Å²) in [6.45, 7) is 2.34. The molecule has 0 spiro atoms. The Morgan fingerprint density at radius 3 is 2.53 bits per heavy atom. The molecule has 3 aromatic heterocycles. The van der Waals surface area contributed by atoms with E-state index in [1.807, 2.05) is 31.2 Å². The van der Waals surface area contributed by atoms with Gasteiger partial charge in [-0.2, -0.15) is 5.10 Å². The average Bonchev–Trinajstić information content (AvgIpc) is 3.35. The first-order valence-electron chi connectivity index (χ1n) is 12.9. The molecule has 0 radical (unpaired) electrons. The van der Waals surface area contributed by atoms with Crippen molar-refractivity contribution in [3.8, 4) is 11.3 Å². The molecule has 2 unspecified atom stereocenters. The topological polar surface area (TPSA) is 107 Å². The van der Waals surface area contributed by atoms with Crippen LogP contribution in [0.1, 0.15) is 47.4 Å². The predicted molar refractivity (Wildman–Crippen MR) is 147 cm³/mol. The molecule has 38 heavy (non-hydrogen) atoms. The molecule has 1 aliphatic carbocycles. The summed E-state index contributed by atoms with van der Waals surface area (Å²) in [5.74, 6) is 0.139. The molecule has 3 heterocycles. The molecule has 8 nitrogen and oxygen atoms in total. The van der Waals surface area contributed by atoms with Gasteiger partial charge in [-0.25, -0.2) is 13.1 Å². The summed E-state index contributed by atoms with van der Waals surface area (Å²) in [5.41, 5.74) is 5.37. The van der Waals surface area contributed by atoms with E-state index in [0.29, 0.717) is 30.6 Å². The Morgan fingerprint density at radius 1 is 1.00 bits per heavy atom. The first-order valence-corrected chi connectivity index (χ1v) is 14.6. The van der Waals surface area contributed by atoms with Gasteiger partial charge in [0.05, 0.1) is 18.0 Å². The molecule has 1 aliphatic rings. The van der Waals surface area contributed by atoms with Gasteiger partial charge in [-0.1, -0.05) is 37.6 Å². The van der Waals surface area contributed by atoms with E-state index >= 15 is 0 Å². The predicted octanol–water partition coefficient (Wildman–Crippen LogP) is 3.72. The standard InChI is InChI=1S/C29H31N5O3S/c1-2-3-14-38(36,37)29(24-7-5-13-31-19-24)32-26-16-22-8-9-23(15-25(22)17-26)27-10-11-28(35)34(33-27)20-21-6-4-12-30-18-21/h4-13,15,18-19,26,29,32H,2-3,14,16-17,20H2,1H3. The van der Waals surface area contributed by atoms with Crippen LogP contribution in [0.15, 0.2) is 84.2 Å². The maximum atomic E-state index is 13.2. The van der Waals surface area contributed by atoms with E-state index in [9.17, 15) is 13.2 Å². The lowest BCUT2D eigenvalue weighted by atomic mass is 10.0. The Bertz CT molecular complexity index is 1560. The van der Waals surface area contributed by atoms with Gasteiger partial charge in [-0.15, -0.1) is 0 Å². The summed E-state index contributed by atoms with van der Waals surface area (Å²) in [6.07, 6.45) is 9.60. The van der Waals surface area contributed by atoms with Gasteiger partial charge in [-0.05, 0) is 60.2 Å². The molecule has 1 aromatic carbocycles. The summed E-state index contributed by atoms with van der Waals surface area (Å²) in [6, 6.07) is 16.8. The van der Waals surface area contributed by atoms with E-state index in [-0.39, 0.29) is 17.4 Å². The lowest BCUT2D eigenvalue weighted by Gasteiger charge is -2.23. The van der Waals surface area contributed by atoms with Crippen LogP contribution in [-0.2, 0) is 29.2 Å². The number of hydrogen-bond acceptors (Lipinski definition) is 7. The fraction of sp³-hybridized carbons (Fsp3) is 0.310. The second-order valence-electron chi connectivity index (χ2n) is 9.72. The molecular weight excluding hydrogens is 498 g/mol. The Morgan fingerprint density at radius 2 is 1.79 bits per heavy atom. The number of aromatic nitrogens is 4. The van der Waals surface area contributed by atoms with Crippen LogP contribution in [0.25, 0.3) is 11.3 Å². The Kier molecular flexibility index (Phi) is 7.76. The fourth-order valence-corrected chi connectivity index (χ4v) is 6.77. The molecule has 0 bridgehead atoms. The van der Waals surface area contributed by atoms with Crippen LogP contribution in [0.5, 0.6) is 0 Å². The van der Waals surface area contributed by atoms with E-state index < -0.39 is 15.2 Å². The summed E-state index contributed by atoms with van der Waals surface area (Å²) in [4.78, 5) is 20.7. The fourth-order valence-electron chi connectivity index (χ4n) is 4.89. The van der Waals surface area contributed by atoms with Crippen molar-refractivity contribution >= 4 is 9.84 Å². The Labute approximate surface area is 222 Å². The lowest BCUT2D eigenvalue weighted by molar-refractivity contribution is 0.491. The van der Waals surface area contributed by atoms with Gasteiger partial charge >= 0.3 is 0 Å². The molecule has 196 valence electrons. The van der Waals surface area contributed by atoms with E-state index in [1.54, 1.807) is 36.9 Å². The number of nitrogens with zero attached hydrogens (tertiary/aromatic N) is 4. The van der Waals surface area contributed by atoms with Crippen LogP contribution >= 0.6 is 0 Å². The lowest BCUT2D eigenvalue weighted by Crippen LogP contribution is -2.38. The molecule has 0 saturated carbocycles. The number of pyridine rings is 2. The maximum absolute atomic E-state index is 13.2. The van der Waals surface area contributed by atoms with Crippen molar-refractivity contribution in [1.82, 2.24) is 25.1 Å². The van der Waals surface area contributed by atoms with E-state index in [2.05, 4.69) is 32.5 Å². The van der Waals surface area contributed by atoms with E-state index in [0.717, 1.165) is 29.5 Å². The van der Waals surface area contributed by atoms with Crippen molar-refractivity contribution in [2.24, 2.45) is 0 Å². The van der Waals surface area contributed by atoms with Gasteiger partial charge in [0.1, 0.15) is 5.37 Å². The van der Waals surface area contributed by atoms with Gasteiger partial charge < -0.3 is 0 Å². The van der Waals surface area contributed by atoms with Crippen molar-refractivity contribution in [3.05, 3.63) is 112 Å². The second-order valence-corrected chi connectivity index (χ2v) is 11.9. The van der Waals surface area contributed by atoms with Gasteiger partial charge in [0.15, 0.2) is 9.84 Å². The van der Waals surface area contributed by atoms with Gasteiger partial charge in [-0.3, -0.25) is 20.1 Å². The number of benzene rings is 1. The summed E-state index contributed by atoms with van der Waals surface area (Å²) < 4.78 is 27.9. The molecule has 0 aliphatic heterocycles. The number of fused-ring (bicyclic) bond motifs is 1. The number of rotatable bonds is 10. The molecule has 9 heteroatoms. The van der Waals surface area contributed by atoms with E-state index in [4.69, 9.17) is 0 Å². The molecule has 2 atom stereocenters. The van der Waals surface area contributed by atoms with E-state index in [1.165, 1.54) is 16.3 Å². The number of sulfone groups is 1. The highest BCUT2D eigenvalue weighted by Gasteiger charge is 2.32. The maximum Gasteiger partial charge on any atom is 0.267 e. The normalized spacial score (nSPS) is 15.8. The zero-order valence-electron chi connectivity index (χ0n) is 21.3. The van der Waals surface area contributed by atoms with Crippen LogP contribution in [0, 0.1) is 0 Å². The monoisotopic (exact) mass is 529 g/mol. The largest absolute Gasteiger partial charge is 0.294 e. The van der Waals surface area contributed by atoms with Crippen LogP contribution in [0.2, 0.25) is 0 Å². The third-order valence-corrected chi connectivity index (χ3v) is 8.86. The highest BCUT2D eigenvalue weighted by Crippen LogP contribution is 2.30. The highest BCUT2D eigenvalue weighted by molar-refractivity contribution is 7.91. The molecule has 0 amide bonds. The average molecular weight is 530 g/mol. The minimum atomic E-state index is -3.40. The van der Waals surface area contributed by atoms with Crippen molar-refractivity contribution < 1.29 is 8.42 Å². The number of nitrogens with one attached hydrogen (secondary N) is 1. The number of unbranched alkanes of at least 4 members (excludes halogenated alkanes) is 1. The van der Waals surface area contributed by atoms with Crippen molar-refractivity contribution in [2.45, 2.75) is 50.6 Å². The first-order chi connectivity index (χ1) is 18.4. The molecule has 1 N–H and O–H groups in total. The Hall–Kier alpha value is -3.69. The summed E-state index contributed by atoms with van der Waals surface area (Å²) in [7, 11) is -3.40. The Balaban J connectivity index is 1.36. The second kappa shape index (κ2) is 11.4. The zero-order valence-corrected chi connectivity index (χ0v) is 22.1. The molecular formula is C29H31N5O3S. The van der Waals surface area contributed by atoms with Crippen molar-refractivity contribution in [3.63, 3.8) is 0 Å². The van der Waals surface area contributed by atoms with Crippen molar-refractivity contribution in [1.29, 1.82) is 0 Å². The third-order valence-electron chi connectivity index (χ3n) is 6.87. The molecule has 4 aromatic rings. The summed E-state index contributed by atoms with van der Waals surface area (Å²) in [5, 5.41) is 7.25. The zero-order chi connectivity index (χ0) is 26.5. The highest BCUT2D eigenvalue weighted by atomic mass is 32.2.